The van der Waals surface area contributed by atoms with Crippen molar-refractivity contribution in [1.82, 2.24) is 10.2 Å². The first-order valence-corrected chi connectivity index (χ1v) is 10.5. The third kappa shape index (κ3) is 29.5. The summed E-state index contributed by atoms with van der Waals surface area (Å²) in [5, 5.41) is 94.5. The second-order valence-electron chi connectivity index (χ2n) is 6.56. The van der Waals surface area contributed by atoms with Crippen LogP contribution >= 0.6 is 0 Å². The summed E-state index contributed by atoms with van der Waals surface area (Å²) in [6.07, 6.45) is -0.360. The predicted octanol–water partition coefficient (Wildman–Crippen LogP) is -5.48. The number of nitrogens with zero attached hydrogens (tertiary/aromatic N) is 1. The molecule has 0 radical (unpaired) electrons. The van der Waals surface area contributed by atoms with Crippen LogP contribution in [-0.4, -0.2) is 166 Å². The Bertz CT molecular complexity index is 275. The van der Waals surface area contributed by atoms with Crippen LogP contribution in [0.3, 0.4) is 0 Å². The molecule has 0 atom stereocenters. The van der Waals surface area contributed by atoms with Crippen molar-refractivity contribution >= 4 is 0 Å². The Morgan fingerprint density at radius 1 is 0.625 bits per heavy atom. The van der Waals surface area contributed by atoms with Gasteiger partial charge in [0.1, 0.15) is 6.10 Å². The molecule has 0 heterocycles. The summed E-state index contributed by atoms with van der Waals surface area (Å²) in [6, 6.07) is 0. The molecule has 200 valence electrons. The minimum atomic E-state index is -0.954. The number of hydrogen-bond acceptors (Lipinski definition) is 13. The lowest BCUT2D eigenvalue weighted by atomic mass is 9.88. The van der Waals surface area contributed by atoms with Crippen LogP contribution in [0.1, 0.15) is 13.3 Å². The standard InChI is InChI=1S/C6H15NO3.C6H14O3.C4H11NO2.C3H8O3/c8-4-1-7(2-5-9)3-6-10;1-2-6(3-7,4-8)5-9;6-3-1-5-2-4-7;4-1-3(6)2-5/h8-10H,1-6H2;7-9H,2-5H2,1H3;5-7H,1-4H2;3-6H,1-2H2. The molecule has 13 heteroatoms. The maximum Gasteiger partial charge on any atom is 0.100 e. The molecule has 0 spiro atoms. The minimum absolute atomic E-state index is 0.0694. The number of hydrogen-bond donors (Lipinski definition) is 12. The molecule has 0 aliphatic rings. The van der Waals surface area contributed by atoms with Crippen LogP contribution in [0.4, 0.5) is 0 Å². The van der Waals surface area contributed by atoms with Gasteiger partial charge >= 0.3 is 0 Å². The smallest absolute Gasteiger partial charge is 0.100 e. The molecule has 0 bridgehead atoms. The van der Waals surface area contributed by atoms with Crippen molar-refractivity contribution in [3.8, 4) is 0 Å². The molecule has 0 aromatic heterocycles. The maximum absolute atomic E-state index is 8.66. The highest BCUT2D eigenvalue weighted by atomic mass is 16.3. The van der Waals surface area contributed by atoms with Gasteiger partial charge in [0.15, 0.2) is 0 Å². The fourth-order valence-electron chi connectivity index (χ4n) is 1.59. The van der Waals surface area contributed by atoms with Crippen LogP contribution in [-0.2, 0) is 0 Å². The second kappa shape index (κ2) is 32.7. The predicted molar refractivity (Wildman–Crippen MR) is 119 cm³/mol. The molecule has 0 fully saturated rings. The molecule has 0 aliphatic carbocycles. The Balaban J connectivity index is -0.000000166. The van der Waals surface area contributed by atoms with Gasteiger partial charge in [0.2, 0.25) is 0 Å². The highest BCUT2D eigenvalue weighted by Gasteiger charge is 2.24. The van der Waals surface area contributed by atoms with E-state index >= 15 is 0 Å². The number of aliphatic hydroxyl groups excluding tert-OH is 11. The van der Waals surface area contributed by atoms with Crippen molar-refractivity contribution in [2.24, 2.45) is 5.41 Å². The molecule has 0 unspecified atom stereocenters. The van der Waals surface area contributed by atoms with E-state index < -0.39 is 11.5 Å². The summed E-state index contributed by atoms with van der Waals surface area (Å²) in [5.74, 6) is 0. The summed E-state index contributed by atoms with van der Waals surface area (Å²) in [4.78, 5) is 1.79. The van der Waals surface area contributed by atoms with E-state index in [0.717, 1.165) is 0 Å². The quantitative estimate of drug-likeness (QED) is 0.0924. The van der Waals surface area contributed by atoms with Crippen molar-refractivity contribution in [1.29, 1.82) is 0 Å². The average Bonchev–Trinajstić information content (AvgIpc) is 2.82. The fraction of sp³-hybridized carbons (Fsp3) is 1.00. The first-order chi connectivity index (χ1) is 15.3. The summed E-state index contributed by atoms with van der Waals surface area (Å²) >= 11 is 0. The lowest BCUT2D eigenvalue weighted by Gasteiger charge is -2.24. The van der Waals surface area contributed by atoms with Crippen LogP contribution in [0, 0.1) is 5.41 Å². The van der Waals surface area contributed by atoms with Crippen LogP contribution < -0.4 is 5.32 Å². The Labute approximate surface area is 190 Å². The monoisotopic (exact) mass is 480 g/mol. The Morgan fingerprint density at radius 3 is 1.09 bits per heavy atom. The van der Waals surface area contributed by atoms with Crippen molar-refractivity contribution in [3.05, 3.63) is 0 Å². The van der Waals surface area contributed by atoms with Crippen molar-refractivity contribution in [2.75, 3.05) is 98.8 Å². The molecule has 0 saturated heterocycles. The second-order valence-corrected chi connectivity index (χ2v) is 6.56. The highest BCUT2D eigenvalue weighted by Crippen LogP contribution is 2.18. The third-order valence-corrected chi connectivity index (χ3v) is 4.00. The van der Waals surface area contributed by atoms with E-state index in [4.69, 9.17) is 56.2 Å². The molecule has 0 aliphatic heterocycles. The van der Waals surface area contributed by atoms with Crippen molar-refractivity contribution < 1.29 is 56.2 Å². The zero-order chi connectivity index (χ0) is 25.7. The number of nitrogens with one attached hydrogen (secondary N) is 1. The molecule has 0 aromatic carbocycles. The van der Waals surface area contributed by atoms with Gasteiger partial charge in [-0.25, -0.2) is 0 Å². The van der Waals surface area contributed by atoms with Gasteiger partial charge in [-0.05, 0) is 6.42 Å². The number of rotatable bonds is 16. The van der Waals surface area contributed by atoms with E-state index in [1.54, 1.807) is 4.90 Å². The molecular formula is C19H48N2O11. The summed E-state index contributed by atoms with van der Waals surface area (Å²) < 4.78 is 0. The van der Waals surface area contributed by atoms with Gasteiger partial charge in [-0.3, -0.25) is 4.90 Å². The third-order valence-electron chi connectivity index (χ3n) is 4.00. The van der Waals surface area contributed by atoms with E-state index in [2.05, 4.69) is 5.32 Å². The molecule has 0 amide bonds. The van der Waals surface area contributed by atoms with Gasteiger partial charge in [-0.15, -0.1) is 0 Å². The largest absolute Gasteiger partial charge is 0.396 e. The summed E-state index contributed by atoms with van der Waals surface area (Å²) in [6.45, 7) is 3.80. The minimum Gasteiger partial charge on any atom is -0.396 e. The SMILES string of the molecule is CCC(CO)(CO)CO.OCC(O)CO.OCCN(CCO)CCO.OCCNCCO. The topological polar surface area (TPSA) is 238 Å². The van der Waals surface area contributed by atoms with Gasteiger partial charge in [0.05, 0.1) is 66.1 Å². The normalized spacial score (nSPS) is 10.7. The van der Waals surface area contributed by atoms with E-state index in [-0.39, 0.29) is 66.1 Å². The zero-order valence-electron chi connectivity index (χ0n) is 19.3. The first kappa shape index (κ1) is 38.7. The van der Waals surface area contributed by atoms with E-state index in [1.165, 1.54) is 0 Å². The van der Waals surface area contributed by atoms with Gasteiger partial charge < -0.3 is 61.5 Å². The Kier molecular flexibility index (Phi) is 39.5. The van der Waals surface area contributed by atoms with Crippen LogP contribution in [0.25, 0.3) is 0 Å². The van der Waals surface area contributed by atoms with E-state index in [0.29, 0.717) is 39.1 Å². The molecule has 12 N–H and O–H groups in total. The molecule has 13 nitrogen and oxygen atoms in total. The zero-order valence-corrected chi connectivity index (χ0v) is 19.3. The summed E-state index contributed by atoms with van der Waals surface area (Å²) in [7, 11) is 0. The van der Waals surface area contributed by atoms with Crippen molar-refractivity contribution in [2.45, 2.75) is 19.4 Å². The van der Waals surface area contributed by atoms with Crippen LogP contribution in [0.5, 0.6) is 0 Å². The van der Waals surface area contributed by atoms with Gasteiger partial charge in [0.25, 0.3) is 0 Å². The van der Waals surface area contributed by atoms with Crippen LogP contribution in [0.15, 0.2) is 0 Å². The fourth-order valence-corrected chi connectivity index (χ4v) is 1.59. The molecule has 0 rings (SSSR count). The molecule has 0 saturated carbocycles. The molecule has 0 aromatic rings. The number of aliphatic hydroxyl groups is 11. The van der Waals surface area contributed by atoms with Gasteiger partial charge in [-0.1, -0.05) is 6.92 Å². The molecular weight excluding hydrogens is 432 g/mol. The van der Waals surface area contributed by atoms with E-state index in [1.807, 2.05) is 6.92 Å². The average molecular weight is 481 g/mol. The lowest BCUT2D eigenvalue weighted by Crippen LogP contribution is -2.32. The van der Waals surface area contributed by atoms with Gasteiger partial charge in [0, 0.05) is 38.1 Å². The Morgan fingerprint density at radius 2 is 0.969 bits per heavy atom. The van der Waals surface area contributed by atoms with Gasteiger partial charge in [-0.2, -0.15) is 0 Å². The first-order valence-electron chi connectivity index (χ1n) is 10.5. The summed E-state index contributed by atoms with van der Waals surface area (Å²) in [5.41, 5.74) is -0.667. The molecule has 32 heavy (non-hydrogen) atoms. The Hall–Kier alpha value is -0.520. The lowest BCUT2D eigenvalue weighted by molar-refractivity contribution is 0.00304. The highest BCUT2D eigenvalue weighted by molar-refractivity contribution is 4.74. The van der Waals surface area contributed by atoms with Crippen molar-refractivity contribution in [3.63, 3.8) is 0 Å². The van der Waals surface area contributed by atoms with Crippen LogP contribution in [0.2, 0.25) is 0 Å². The maximum atomic E-state index is 8.66. The van der Waals surface area contributed by atoms with E-state index in [9.17, 15) is 0 Å².